The van der Waals surface area contributed by atoms with Gasteiger partial charge in [0.25, 0.3) is 0 Å². The average Bonchev–Trinajstić information content (AvgIpc) is 2.79. The predicted octanol–water partition coefficient (Wildman–Crippen LogP) is 0.703. The van der Waals surface area contributed by atoms with Crippen LogP contribution in [0.2, 0.25) is 0 Å². The van der Waals surface area contributed by atoms with Crippen LogP contribution >= 0.6 is 22.9 Å². The first-order valence-electron chi connectivity index (χ1n) is 5.89. The number of rotatable bonds is 4. The Bertz CT molecular complexity index is 404. The van der Waals surface area contributed by atoms with Crippen LogP contribution in [0.4, 0.5) is 0 Å². The molecule has 2 rings (SSSR count). The van der Waals surface area contributed by atoms with Crippen LogP contribution in [0.15, 0.2) is 5.38 Å². The summed E-state index contributed by atoms with van der Waals surface area (Å²) in [5.74, 6) is 0.395. The van der Waals surface area contributed by atoms with Crippen molar-refractivity contribution in [2.45, 2.75) is 12.3 Å². The number of carbonyl (C=O) groups is 1. The number of nitrogens with zero attached hydrogens (tertiary/aromatic N) is 3. The highest BCUT2D eigenvalue weighted by atomic mass is 35.5. The van der Waals surface area contributed by atoms with Gasteiger partial charge in [-0.1, -0.05) is 0 Å². The zero-order chi connectivity index (χ0) is 13.0. The molecule has 0 atom stereocenters. The number of halogens is 1. The van der Waals surface area contributed by atoms with Gasteiger partial charge in [-0.2, -0.15) is 0 Å². The summed E-state index contributed by atoms with van der Waals surface area (Å²) in [6.45, 7) is 3.70. The number of piperazine rings is 1. The average molecular weight is 289 g/mol. The molecule has 1 aromatic rings. The summed E-state index contributed by atoms with van der Waals surface area (Å²) < 4.78 is 0. The number of hydrogen-bond donors (Lipinski definition) is 1. The van der Waals surface area contributed by atoms with E-state index < -0.39 is 0 Å². The molecule has 0 saturated carbocycles. The Kier molecular flexibility index (Phi) is 4.94. The number of hydrazine groups is 1. The number of nitrogens with one attached hydrogen (secondary N) is 1. The van der Waals surface area contributed by atoms with Crippen molar-refractivity contribution in [2.24, 2.45) is 0 Å². The van der Waals surface area contributed by atoms with Crippen molar-refractivity contribution >= 4 is 28.8 Å². The van der Waals surface area contributed by atoms with Crippen molar-refractivity contribution in [2.75, 3.05) is 33.2 Å². The minimum atomic E-state index is -0.00461. The topological polar surface area (TPSA) is 48.5 Å². The van der Waals surface area contributed by atoms with E-state index in [9.17, 15) is 4.79 Å². The van der Waals surface area contributed by atoms with Crippen molar-refractivity contribution in [3.63, 3.8) is 0 Å². The van der Waals surface area contributed by atoms with Gasteiger partial charge in [-0.25, -0.2) is 9.99 Å². The zero-order valence-electron chi connectivity index (χ0n) is 10.4. The lowest BCUT2D eigenvalue weighted by atomic mass is 10.4. The van der Waals surface area contributed by atoms with E-state index in [1.807, 2.05) is 10.4 Å². The quantitative estimate of drug-likeness (QED) is 0.829. The maximum atomic E-state index is 11.8. The molecule has 1 aromatic heterocycles. The number of thiazole rings is 1. The van der Waals surface area contributed by atoms with Gasteiger partial charge < -0.3 is 4.90 Å². The lowest BCUT2D eigenvalue weighted by molar-refractivity contribution is -0.126. The van der Waals surface area contributed by atoms with Crippen LogP contribution in [0.3, 0.4) is 0 Å². The van der Waals surface area contributed by atoms with Gasteiger partial charge in [0.15, 0.2) is 0 Å². The molecule has 0 unspecified atom stereocenters. The summed E-state index contributed by atoms with van der Waals surface area (Å²) in [4.78, 5) is 18.3. The zero-order valence-corrected chi connectivity index (χ0v) is 11.9. The van der Waals surface area contributed by atoms with E-state index in [1.54, 1.807) is 0 Å². The van der Waals surface area contributed by atoms with Crippen LogP contribution in [0.1, 0.15) is 10.7 Å². The first kappa shape index (κ1) is 13.7. The van der Waals surface area contributed by atoms with E-state index in [0.717, 1.165) is 36.9 Å². The number of likely N-dealkylation sites (N-methyl/N-ethyl adjacent to an activating group) is 1. The van der Waals surface area contributed by atoms with Crippen LogP contribution in [-0.4, -0.2) is 54.0 Å². The van der Waals surface area contributed by atoms with E-state index in [-0.39, 0.29) is 5.91 Å². The maximum absolute atomic E-state index is 11.8. The van der Waals surface area contributed by atoms with E-state index in [1.165, 1.54) is 11.3 Å². The highest BCUT2D eigenvalue weighted by Crippen LogP contribution is 2.12. The third kappa shape index (κ3) is 3.91. The minimum Gasteiger partial charge on any atom is -0.304 e. The molecule has 5 nitrogen and oxygen atoms in total. The van der Waals surface area contributed by atoms with Gasteiger partial charge in [-0.3, -0.25) is 10.2 Å². The van der Waals surface area contributed by atoms with Crippen LogP contribution < -0.4 is 5.43 Å². The molecule has 0 aromatic carbocycles. The van der Waals surface area contributed by atoms with Crippen LogP contribution in [-0.2, 0) is 17.1 Å². The van der Waals surface area contributed by atoms with Crippen LogP contribution in [0.5, 0.6) is 0 Å². The first-order valence-corrected chi connectivity index (χ1v) is 7.31. The van der Waals surface area contributed by atoms with Crippen molar-refractivity contribution in [3.05, 3.63) is 16.1 Å². The second-order valence-electron chi connectivity index (χ2n) is 4.37. The standard InChI is InChI=1S/C11H17ClN4OS/c1-15-2-4-16(5-3-15)14-10(17)6-11-13-9(7-12)8-18-11/h8H,2-7H2,1H3,(H,14,17). The third-order valence-corrected chi connectivity index (χ3v) is 4.01. The van der Waals surface area contributed by atoms with Gasteiger partial charge in [0.05, 0.1) is 18.0 Å². The molecule has 100 valence electrons. The van der Waals surface area contributed by atoms with Gasteiger partial charge in [-0.05, 0) is 7.05 Å². The van der Waals surface area contributed by atoms with E-state index >= 15 is 0 Å². The second-order valence-corrected chi connectivity index (χ2v) is 5.58. The van der Waals surface area contributed by atoms with Crippen molar-refractivity contribution in [1.29, 1.82) is 0 Å². The lowest BCUT2D eigenvalue weighted by Crippen LogP contribution is -2.52. The molecule has 1 saturated heterocycles. The Morgan fingerprint density at radius 1 is 1.50 bits per heavy atom. The maximum Gasteiger partial charge on any atom is 0.241 e. The monoisotopic (exact) mass is 288 g/mol. The Hall–Kier alpha value is -0.690. The Labute approximate surface area is 116 Å². The number of amides is 1. The third-order valence-electron chi connectivity index (χ3n) is 2.83. The smallest absolute Gasteiger partial charge is 0.241 e. The summed E-state index contributed by atoms with van der Waals surface area (Å²) in [7, 11) is 2.09. The molecular formula is C11H17ClN4OS. The molecule has 2 heterocycles. The molecule has 7 heteroatoms. The van der Waals surface area contributed by atoms with Gasteiger partial charge in [0, 0.05) is 31.6 Å². The van der Waals surface area contributed by atoms with Gasteiger partial charge >= 0.3 is 0 Å². The summed E-state index contributed by atoms with van der Waals surface area (Å²) in [5, 5.41) is 4.68. The lowest BCUT2D eigenvalue weighted by Gasteiger charge is -2.32. The highest BCUT2D eigenvalue weighted by Gasteiger charge is 2.16. The van der Waals surface area contributed by atoms with Gasteiger partial charge in [0.2, 0.25) is 5.91 Å². The summed E-state index contributed by atoms with van der Waals surface area (Å²) >= 11 is 7.16. The SMILES string of the molecule is CN1CCN(NC(=O)Cc2nc(CCl)cs2)CC1. The summed E-state index contributed by atoms with van der Waals surface area (Å²) in [6, 6.07) is 0. The molecule has 18 heavy (non-hydrogen) atoms. The van der Waals surface area contributed by atoms with Crippen molar-refractivity contribution < 1.29 is 4.79 Å². The molecular weight excluding hydrogens is 272 g/mol. The van der Waals surface area contributed by atoms with E-state index in [2.05, 4.69) is 22.4 Å². The summed E-state index contributed by atoms with van der Waals surface area (Å²) in [5.41, 5.74) is 3.75. The fourth-order valence-corrected chi connectivity index (χ4v) is 2.78. The van der Waals surface area contributed by atoms with Gasteiger partial charge in [0.1, 0.15) is 5.01 Å². The minimum absolute atomic E-state index is 0.00461. The Balaban J connectivity index is 1.78. The molecule has 1 aliphatic heterocycles. The molecule has 1 fully saturated rings. The normalized spacial score (nSPS) is 17.9. The van der Waals surface area contributed by atoms with Gasteiger partial charge in [-0.15, -0.1) is 22.9 Å². The molecule has 1 aliphatic rings. The highest BCUT2D eigenvalue weighted by molar-refractivity contribution is 7.09. The number of carbonyl (C=O) groups excluding carboxylic acids is 1. The molecule has 0 aliphatic carbocycles. The number of alkyl halides is 1. The molecule has 1 amide bonds. The van der Waals surface area contributed by atoms with Crippen molar-refractivity contribution in [3.8, 4) is 0 Å². The molecule has 0 bridgehead atoms. The Morgan fingerprint density at radius 2 is 2.22 bits per heavy atom. The van der Waals surface area contributed by atoms with E-state index in [0.29, 0.717) is 12.3 Å². The number of hydrogen-bond acceptors (Lipinski definition) is 5. The number of aromatic nitrogens is 1. The van der Waals surface area contributed by atoms with E-state index in [4.69, 9.17) is 11.6 Å². The molecule has 1 N–H and O–H groups in total. The van der Waals surface area contributed by atoms with Crippen LogP contribution in [0.25, 0.3) is 0 Å². The molecule has 0 spiro atoms. The fraction of sp³-hybridized carbons (Fsp3) is 0.636. The predicted molar refractivity (Wildman–Crippen MR) is 72.6 cm³/mol. The van der Waals surface area contributed by atoms with Crippen molar-refractivity contribution in [1.82, 2.24) is 20.3 Å². The Morgan fingerprint density at radius 3 is 2.83 bits per heavy atom. The second kappa shape index (κ2) is 6.47. The molecule has 0 radical (unpaired) electrons. The fourth-order valence-electron chi connectivity index (χ4n) is 1.76. The summed E-state index contributed by atoms with van der Waals surface area (Å²) in [6.07, 6.45) is 0.327. The first-order chi connectivity index (χ1) is 8.67. The largest absolute Gasteiger partial charge is 0.304 e. The van der Waals surface area contributed by atoms with Crippen LogP contribution in [0, 0.1) is 0 Å².